The Labute approximate surface area is 83.1 Å². The van der Waals surface area contributed by atoms with Crippen LogP contribution < -0.4 is 5.73 Å². The monoisotopic (exact) mass is 194 g/mol. The van der Waals surface area contributed by atoms with Gasteiger partial charge in [0.05, 0.1) is 24.4 Å². The van der Waals surface area contributed by atoms with Crippen molar-refractivity contribution in [3.05, 3.63) is 23.5 Å². The zero-order valence-corrected chi connectivity index (χ0v) is 8.41. The van der Waals surface area contributed by atoms with E-state index in [1.807, 2.05) is 6.92 Å². The predicted octanol–water partition coefficient (Wildman–Crippen LogP) is 1.08. The molecule has 0 amide bonds. The van der Waals surface area contributed by atoms with Gasteiger partial charge < -0.3 is 10.5 Å². The van der Waals surface area contributed by atoms with Crippen LogP contribution in [-0.4, -0.2) is 17.6 Å². The topological polar surface area (TPSA) is 65.2 Å². The van der Waals surface area contributed by atoms with Crippen molar-refractivity contribution < 1.29 is 9.53 Å². The lowest BCUT2D eigenvalue weighted by atomic mass is 10.2. The number of hydrogen-bond donors (Lipinski definition) is 1. The highest BCUT2D eigenvalue weighted by molar-refractivity contribution is 5.72. The van der Waals surface area contributed by atoms with Gasteiger partial charge in [-0.05, 0) is 25.5 Å². The number of nitrogens with zero attached hydrogens (tertiary/aromatic N) is 1. The Hall–Kier alpha value is -1.58. The van der Waals surface area contributed by atoms with Crippen molar-refractivity contribution in [2.75, 3.05) is 12.3 Å². The van der Waals surface area contributed by atoms with Gasteiger partial charge in [0.1, 0.15) is 0 Å². The fourth-order valence-electron chi connectivity index (χ4n) is 1.07. The van der Waals surface area contributed by atoms with Crippen molar-refractivity contribution in [1.82, 2.24) is 4.98 Å². The van der Waals surface area contributed by atoms with Gasteiger partial charge in [-0.15, -0.1) is 0 Å². The molecule has 1 rings (SSSR count). The summed E-state index contributed by atoms with van der Waals surface area (Å²) in [7, 11) is 0. The summed E-state index contributed by atoms with van der Waals surface area (Å²) in [5, 5.41) is 0. The number of ether oxygens (including phenoxy) is 1. The van der Waals surface area contributed by atoms with Gasteiger partial charge in [-0.3, -0.25) is 9.78 Å². The lowest BCUT2D eigenvalue weighted by Crippen LogP contribution is -2.08. The van der Waals surface area contributed by atoms with Crippen molar-refractivity contribution in [1.29, 1.82) is 0 Å². The molecule has 0 fully saturated rings. The molecule has 0 atom stereocenters. The number of rotatable bonds is 3. The van der Waals surface area contributed by atoms with Crippen LogP contribution in [0, 0.1) is 6.92 Å². The molecule has 1 aromatic rings. The van der Waals surface area contributed by atoms with Crippen molar-refractivity contribution in [2.24, 2.45) is 0 Å². The summed E-state index contributed by atoms with van der Waals surface area (Å²) < 4.78 is 4.81. The maximum atomic E-state index is 11.1. The molecule has 4 heteroatoms. The number of aryl methyl sites for hydroxylation is 1. The Morgan fingerprint density at radius 1 is 1.64 bits per heavy atom. The van der Waals surface area contributed by atoms with E-state index in [2.05, 4.69) is 4.98 Å². The number of carbonyl (C=O) groups is 1. The molecule has 0 aliphatic carbocycles. The third-order valence-corrected chi connectivity index (χ3v) is 1.84. The molecule has 0 aliphatic heterocycles. The van der Waals surface area contributed by atoms with Crippen molar-refractivity contribution in [2.45, 2.75) is 20.3 Å². The summed E-state index contributed by atoms with van der Waals surface area (Å²) in [6.45, 7) is 4.00. The maximum absolute atomic E-state index is 11.1. The highest BCUT2D eigenvalue weighted by Crippen LogP contribution is 2.10. The second-order valence-electron chi connectivity index (χ2n) is 3.00. The largest absolute Gasteiger partial charge is 0.466 e. The minimum Gasteiger partial charge on any atom is -0.466 e. The molecule has 1 aromatic heterocycles. The molecule has 0 saturated carbocycles. The van der Waals surface area contributed by atoms with Gasteiger partial charge in [0, 0.05) is 6.20 Å². The first-order chi connectivity index (χ1) is 6.63. The first kappa shape index (κ1) is 10.5. The van der Waals surface area contributed by atoms with Gasteiger partial charge in [0.15, 0.2) is 0 Å². The van der Waals surface area contributed by atoms with Crippen LogP contribution in [0.5, 0.6) is 0 Å². The van der Waals surface area contributed by atoms with E-state index in [0.29, 0.717) is 12.3 Å². The lowest BCUT2D eigenvalue weighted by molar-refractivity contribution is -0.142. The molecule has 0 radical (unpaired) electrons. The van der Waals surface area contributed by atoms with Crippen LogP contribution in [0.2, 0.25) is 0 Å². The zero-order chi connectivity index (χ0) is 10.6. The quantitative estimate of drug-likeness (QED) is 0.731. The Morgan fingerprint density at radius 2 is 2.36 bits per heavy atom. The molecule has 0 saturated heterocycles. The molecule has 4 nitrogen and oxygen atoms in total. The van der Waals surface area contributed by atoms with Crippen LogP contribution in [0.4, 0.5) is 5.69 Å². The number of nitrogens with two attached hydrogens (primary N) is 1. The van der Waals surface area contributed by atoms with Gasteiger partial charge in [-0.2, -0.15) is 0 Å². The van der Waals surface area contributed by atoms with E-state index in [0.717, 1.165) is 11.3 Å². The first-order valence-corrected chi connectivity index (χ1v) is 4.50. The summed E-state index contributed by atoms with van der Waals surface area (Å²) in [5.74, 6) is -0.252. The third kappa shape index (κ3) is 2.73. The summed E-state index contributed by atoms with van der Waals surface area (Å²) in [6.07, 6.45) is 1.87. The van der Waals surface area contributed by atoms with Gasteiger partial charge in [0.2, 0.25) is 0 Å². The third-order valence-electron chi connectivity index (χ3n) is 1.84. The molecule has 76 valence electrons. The second-order valence-corrected chi connectivity index (χ2v) is 3.00. The highest BCUT2D eigenvalue weighted by Gasteiger charge is 2.05. The Bertz CT molecular complexity index is 337. The Kier molecular flexibility index (Phi) is 3.45. The SMILES string of the molecule is CCOC(=O)Cc1cnc(C)c(N)c1. The van der Waals surface area contributed by atoms with Gasteiger partial charge in [-0.1, -0.05) is 0 Å². The minimum atomic E-state index is -0.252. The van der Waals surface area contributed by atoms with E-state index in [-0.39, 0.29) is 12.4 Å². The lowest BCUT2D eigenvalue weighted by Gasteiger charge is -2.04. The number of nitrogen functional groups attached to an aromatic ring is 1. The molecule has 14 heavy (non-hydrogen) atoms. The minimum absolute atomic E-state index is 0.227. The predicted molar refractivity (Wildman–Crippen MR) is 53.7 cm³/mol. The summed E-state index contributed by atoms with van der Waals surface area (Å²) in [4.78, 5) is 15.2. The number of aromatic nitrogens is 1. The smallest absolute Gasteiger partial charge is 0.310 e. The number of hydrogen-bond acceptors (Lipinski definition) is 4. The second kappa shape index (κ2) is 4.60. The molecule has 0 unspecified atom stereocenters. The fourth-order valence-corrected chi connectivity index (χ4v) is 1.07. The van der Waals surface area contributed by atoms with E-state index in [4.69, 9.17) is 10.5 Å². The molecule has 0 bridgehead atoms. The molecular weight excluding hydrogens is 180 g/mol. The molecule has 1 heterocycles. The highest BCUT2D eigenvalue weighted by atomic mass is 16.5. The molecule has 2 N–H and O–H groups in total. The van der Waals surface area contributed by atoms with Crippen molar-refractivity contribution in [3.63, 3.8) is 0 Å². The number of anilines is 1. The van der Waals surface area contributed by atoms with Crippen LogP contribution in [0.3, 0.4) is 0 Å². The Morgan fingerprint density at radius 3 is 2.93 bits per heavy atom. The molecular formula is C10H14N2O2. The van der Waals surface area contributed by atoms with Crippen LogP contribution in [-0.2, 0) is 16.0 Å². The molecule has 0 aromatic carbocycles. The van der Waals surface area contributed by atoms with E-state index < -0.39 is 0 Å². The first-order valence-electron chi connectivity index (χ1n) is 4.50. The van der Waals surface area contributed by atoms with Crippen molar-refractivity contribution in [3.8, 4) is 0 Å². The van der Waals surface area contributed by atoms with Crippen molar-refractivity contribution >= 4 is 11.7 Å². The average Bonchev–Trinajstić information content (AvgIpc) is 2.12. The van der Waals surface area contributed by atoms with Gasteiger partial charge in [-0.25, -0.2) is 0 Å². The van der Waals surface area contributed by atoms with Gasteiger partial charge >= 0.3 is 5.97 Å². The zero-order valence-electron chi connectivity index (χ0n) is 8.41. The van der Waals surface area contributed by atoms with Crippen LogP contribution in [0.15, 0.2) is 12.3 Å². The maximum Gasteiger partial charge on any atom is 0.310 e. The van der Waals surface area contributed by atoms with E-state index in [1.54, 1.807) is 19.2 Å². The molecule has 0 spiro atoms. The van der Waals surface area contributed by atoms with Crippen LogP contribution >= 0.6 is 0 Å². The fraction of sp³-hybridized carbons (Fsp3) is 0.400. The number of carbonyl (C=O) groups excluding carboxylic acids is 1. The van der Waals surface area contributed by atoms with E-state index in [1.165, 1.54) is 0 Å². The van der Waals surface area contributed by atoms with Crippen LogP contribution in [0.1, 0.15) is 18.2 Å². The van der Waals surface area contributed by atoms with E-state index >= 15 is 0 Å². The summed E-state index contributed by atoms with van der Waals surface area (Å²) in [6, 6.07) is 1.75. The standard InChI is InChI=1S/C10H14N2O2/c1-3-14-10(13)5-8-4-9(11)7(2)12-6-8/h4,6H,3,5,11H2,1-2H3. The van der Waals surface area contributed by atoms with E-state index in [9.17, 15) is 4.79 Å². The number of esters is 1. The van der Waals surface area contributed by atoms with Gasteiger partial charge in [0.25, 0.3) is 0 Å². The van der Waals surface area contributed by atoms with Crippen LogP contribution in [0.25, 0.3) is 0 Å². The average molecular weight is 194 g/mol. The Balaban J connectivity index is 2.68. The summed E-state index contributed by atoms with van der Waals surface area (Å²) in [5.41, 5.74) is 7.82. The summed E-state index contributed by atoms with van der Waals surface area (Å²) >= 11 is 0. The molecule has 0 aliphatic rings. The number of pyridine rings is 1. The normalized spacial score (nSPS) is 9.86.